The van der Waals surface area contributed by atoms with Crippen molar-refractivity contribution in [1.29, 1.82) is 0 Å². The molecule has 2 heterocycles. The Morgan fingerprint density at radius 2 is 1.95 bits per heavy atom. The number of thiophene rings is 1. The fourth-order valence-corrected chi connectivity index (χ4v) is 3.52. The molecule has 0 fully saturated rings. The molecule has 2 aromatic heterocycles. The van der Waals surface area contributed by atoms with E-state index in [2.05, 4.69) is 21.8 Å². The molecular weight excluding hydrogens is 288 g/mol. The van der Waals surface area contributed by atoms with Crippen LogP contribution in [0.5, 0.6) is 0 Å². The van der Waals surface area contributed by atoms with Gasteiger partial charge in [0, 0.05) is 27.6 Å². The Bertz CT molecular complexity index is 645. The van der Waals surface area contributed by atoms with Gasteiger partial charge in [-0.1, -0.05) is 23.6 Å². The van der Waals surface area contributed by atoms with Crippen LogP contribution in [0.1, 0.15) is 27.4 Å². The average molecular weight is 304 g/mol. The van der Waals surface area contributed by atoms with Crippen molar-refractivity contribution in [3.8, 4) is 11.8 Å². The van der Waals surface area contributed by atoms with E-state index in [1.807, 2.05) is 32.2 Å². The Hall–Kier alpha value is -1.35. The molecule has 20 heavy (non-hydrogen) atoms. The van der Waals surface area contributed by atoms with Crippen LogP contribution < -0.4 is 0 Å². The number of thioether (sulfide) groups is 1. The van der Waals surface area contributed by atoms with Crippen LogP contribution in [0.4, 0.5) is 0 Å². The van der Waals surface area contributed by atoms with Gasteiger partial charge < -0.3 is 5.11 Å². The van der Waals surface area contributed by atoms with Crippen molar-refractivity contribution in [2.75, 3.05) is 6.61 Å². The van der Waals surface area contributed by atoms with Crippen molar-refractivity contribution in [2.24, 2.45) is 0 Å². The largest absolute Gasteiger partial charge is 0.384 e. The molecule has 5 heteroatoms. The molecule has 0 saturated carbocycles. The molecule has 0 aliphatic rings. The Morgan fingerprint density at radius 1 is 1.25 bits per heavy atom. The van der Waals surface area contributed by atoms with E-state index in [0.29, 0.717) is 0 Å². The molecule has 3 nitrogen and oxygen atoms in total. The topological polar surface area (TPSA) is 46.0 Å². The second-order valence-corrected chi connectivity index (χ2v) is 6.25. The zero-order valence-corrected chi connectivity index (χ0v) is 13.4. The number of hydrogen-bond acceptors (Lipinski definition) is 5. The van der Waals surface area contributed by atoms with E-state index in [0.717, 1.165) is 33.4 Å². The van der Waals surface area contributed by atoms with Crippen LogP contribution >= 0.6 is 23.1 Å². The minimum absolute atomic E-state index is 0.109. The molecule has 0 bridgehead atoms. The lowest BCUT2D eigenvalue weighted by molar-refractivity contribution is 0.350. The molecule has 0 aliphatic carbocycles. The van der Waals surface area contributed by atoms with Crippen LogP contribution in [0.2, 0.25) is 0 Å². The lowest BCUT2D eigenvalue weighted by Gasteiger charge is -2.06. The molecule has 0 aromatic carbocycles. The van der Waals surface area contributed by atoms with Crippen molar-refractivity contribution >= 4 is 23.1 Å². The molecule has 2 rings (SSSR count). The summed E-state index contributed by atoms with van der Waals surface area (Å²) < 4.78 is 0. The molecule has 0 radical (unpaired) electrons. The summed E-state index contributed by atoms with van der Waals surface area (Å²) in [4.78, 5) is 10.2. The lowest BCUT2D eigenvalue weighted by atomic mass is 10.2. The Labute approximate surface area is 127 Å². The van der Waals surface area contributed by atoms with Crippen LogP contribution in [0.3, 0.4) is 0 Å². The molecule has 0 aliphatic heterocycles. The summed E-state index contributed by atoms with van der Waals surface area (Å²) in [6.07, 6.45) is 0. The van der Waals surface area contributed by atoms with Gasteiger partial charge in [-0.2, -0.15) is 0 Å². The summed E-state index contributed by atoms with van der Waals surface area (Å²) in [5, 5.41) is 11.6. The Morgan fingerprint density at radius 3 is 2.60 bits per heavy atom. The van der Waals surface area contributed by atoms with Gasteiger partial charge in [0.15, 0.2) is 5.16 Å². The zero-order chi connectivity index (χ0) is 14.5. The van der Waals surface area contributed by atoms with Gasteiger partial charge in [-0.05, 0) is 37.8 Å². The number of rotatable bonds is 3. The first-order valence-corrected chi connectivity index (χ1v) is 8.09. The fourth-order valence-electron chi connectivity index (χ4n) is 1.63. The molecule has 2 aromatic rings. The normalized spacial score (nSPS) is 10.2. The first kappa shape index (κ1) is 15.0. The van der Waals surface area contributed by atoms with E-state index in [1.54, 1.807) is 23.1 Å². The maximum Gasteiger partial charge on any atom is 0.188 e. The van der Waals surface area contributed by atoms with Crippen molar-refractivity contribution in [3.63, 3.8) is 0 Å². The van der Waals surface area contributed by atoms with E-state index >= 15 is 0 Å². The number of aliphatic hydroxyl groups is 1. The summed E-state index contributed by atoms with van der Waals surface area (Å²) in [7, 11) is 0. The van der Waals surface area contributed by atoms with Crippen molar-refractivity contribution < 1.29 is 5.11 Å². The summed E-state index contributed by atoms with van der Waals surface area (Å²) in [6.45, 7) is 5.96. The average Bonchev–Trinajstić information content (AvgIpc) is 2.87. The predicted octanol–water partition coefficient (Wildman–Crippen LogP) is 3.10. The van der Waals surface area contributed by atoms with Gasteiger partial charge in [-0.15, -0.1) is 11.3 Å². The molecule has 0 amide bonds. The molecule has 104 valence electrons. The van der Waals surface area contributed by atoms with E-state index in [1.165, 1.54) is 4.88 Å². The maximum absolute atomic E-state index is 8.76. The van der Waals surface area contributed by atoms with Crippen LogP contribution in [0.25, 0.3) is 0 Å². The van der Waals surface area contributed by atoms with Gasteiger partial charge in [0.05, 0.1) is 0 Å². The van der Waals surface area contributed by atoms with Gasteiger partial charge in [-0.3, -0.25) is 0 Å². The molecule has 0 saturated heterocycles. The van der Waals surface area contributed by atoms with Gasteiger partial charge in [0.25, 0.3) is 0 Å². The minimum Gasteiger partial charge on any atom is -0.384 e. The van der Waals surface area contributed by atoms with Gasteiger partial charge in [0.1, 0.15) is 6.61 Å². The third kappa shape index (κ3) is 3.60. The highest BCUT2D eigenvalue weighted by atomic mass is 32.2. The summed E-state index contributed by atoms with van der Waals surface area (Å²) >= 11 is 3.29. The second-order valence-electron chi connectivity index (χ2n) is 4.31. The number of aromatic nitrogens is 2. The highest BCUT2D eigenvalue weighted by Gasteiger charge is 2.08. The molecule has 1 N–H and O–H groups in total. The van der Waals surface area contributed by atoms with Crippen LogP contribution in [-0.4, -0.2) is 21.7 Å². The van der Waals surface area contributed by atoms with E-state index in [4.69, 9.17) is 5.11 Å². The first-order valence-electron chi connectivity index (χ1n) is 6.22. The smallest absolute Gasteiger partial charge is 0.188 e. The third-order valence-corrected chi connectivity index (χ3v) is 4.97. The van der Waals surface area contributed by atoms with Crippen molar-refractivity contribution in [3.05, 3.63) is 38.8 Å². The lowest BCUT2D eigenvalue weighted by Crippen LogP contribution is -1.98. The standard InChI is InChI=1S/C15H16N2OS2/c1-10-11(2)16-15(17-12(10)3)20-9-14-13(5-4-7-18)6-8-19-14/h6,8,18H,7,9H2,1-3H3. The molecule has 0 unspecified atom stereocenters. The van der Waals surface area contributed by atoms with Gasteiger partial charge in [0.2, 0.25) is 0 Å². The van der Waals surface area contributed by atoms with Crippen LogP contribution in [0.15, 0.2) is 16.6 Å². The monoisotopic (exact) mass is 304 g/mol. The summed E-state index contributed by atoms with van der Waals surface area (Å²) in [5.41, 5.74) is 4.20. The highest BCUT2D eigenvalue weighted by molar-refractivity contribution is 7.98. The van der Waals surface area contributed by atoms with Crippen molar-refractivity contribution in [1.82, 2.24) is 9.97 Å². The summed E-state index contributed by atoms with van der Waals surface area (Å²) in [5.74, 6) is 6.45. The zero-order valence-electron chi connectivity index (χ0n) is 11.7. The number of hydrogen-bond donors (Lipinski definition) is 1. The van der Waals surface area contributed by atoms with Crippen LogP contribution in [-0.2, 0) is 5.75 Å². The van der Waals surface area contributed by atoms with Gasteiger partial charge in [-0.25, -0.2) is 9.97 Å². The summed E-state index contributed by atoms with van der Waals surface area (Å²) in [6, 6.07) is 1.98. The predicted molar refractivity (Wildman–Crippen MR) is 84.1 cm³/mol. The molecule has 0 atom stereocenters. The van der Waals surface area contributed by atoms with E-state index in [-0.39, 0.29) is 6.61 Å². The third-order valence-electron chi connectivity index (χ3n) is 2.99. The quantitative estimate of drug-likeness (QED) is 0.538. The highest BCUT2D eigenvalue weighted by Crippen LogP contribution is 2.26. The Balaban J connectivity index is 2.11. The number of nitrogens with zero attached hydrogens (tertiary/aromatic N) is 2. The Kier molecular flexibility index (Phi) is 5.18. The van der Waals surface area contributed by atoms with Gasteiger partial charge >= 0.3 is 0 Å². The minimum atomic E-state index is -0.109. The fraction of sp³-hybridized carbons (Fsp3) is 0.333. The SMILES string of the molecule is Cc1nc(SCc2sccc2C#CCO)nc(C)c1C. The van der Waals surface area contributed by atoms with Crippen molar-refractivity contribution in [2.45, 2.75) is 31.7 Å². The number of aryl methyl sites for hydroxylation is 2. The molecule has 0 spiro atoms. The maximum atomic E-state index is 8.76. The van der Waals surface area contributed by atoms with E-state index < -0.39 is 0 Å². The molecular formula is C15H16N2OS2. The van der Waals surface area contributed by atoms with E-state index in [9.17, 15) is 0 Å². The number of aliphatic hydroxyl groups excluding tert-OH is 1. The van der Waals surface area contributed by atoms with Crippen LogP contribution in [0, 0.1) is 32.6 Å². The first-order chi connectivity index (χ1) is 9.61. The second kappa shape index (κ2) is 6.89.